The fourth-order valence-electron chi connectivity index (χ4n) is 2.06. The van der Waals surface area contributed by atoms with Gasteiger partial charge in [-0.05, 0) is 31.5 Å². The second-order valence-electron chi connectivity index (χ2n) is 5.58. The molecule has 114 valence electrons. The molecule has 1 aliphatic heterocycles. The average molecular weight is 292 g/mol. The number of nitrogens with one attached hydrogen (secondary N) is 2. The van der Waals surface area contributed by atoms with Gasteiger partial charge in [-0.2, -0.15) is 0 Å². The van der Waals surface area contributed by atoms with E-state index in [2.05, 4.69) is 10.6 Å². The molecule has 2 rings (SSSR count). The minimum Gasteiger partial charge on any atom is -0.481 e. The highest BCUT2D eigenvalue weighted by Gasteiger charge is 2.29. The largest absolute Gasteiger partial charge is 0.481 e. The molecule has 1 saturated heterocycles. The lowest BCUT2D eigenvalue weighted by Gasteiger charge is -2.23. The molecule has 3 N–H and O–H groups in total. The van der Waals surface area contributed by atoms with Crippen LogP contribution in [0.3, 0.4) is 0 Å². The normalized spacial score (nSPS) is 19.0. The van der Waals surface area contributed by atoms with Gasteiger partial charge in [0, 0.05) is 12.2 Å². The number of morpholine rings is 1. The first kappa shape index (κ1) is 15.5. The molecule has 1 amide bonds. The predicted octanol–water partition coefficient (Wildman–Crippen LogP) is 0.976. The van der Waals surface area contributed by atoms with Crippen LogP contribution >= 0.6 is 0 Å². The Morgan fingerprint density at radius 3 is 2.52 bits per heavy atom. The topological polar surface area (TPSA) is 87.7 Å². The lowest BCUT2D eigenvalue weighted by molar-refractivity contribution is -0.142. The number of hydrogen-bond donors (Lipinski definition) is 3. The minimum absolute atomic E-state index is 0.153. The van der Waals surface area contributed by atoms with Crippen molar-refractivity contribution in [1.82, 2.24) is 5.32 Å². The Morgan fingerprint density at radius 1 is 1.33 bits per heavy atom. The van der Waals surface area contributed by atoms with E-state index in [9.17, 15) is 14.7 Å². The molecule has 1 heterocycles. The van der Waals surface area contributed by atoms with Crippen LogP contribution in [0, 0.1) is 0 Å². The van der Waals surface area contributed by atoms with Crippen molar-refractivity contribution in [2.24, 2.45) is 0 Å². The quantitative estimate of drug-likeness (QED) is 0.770. The van der Waals surface area contributed by atoms with Gasteiger partial charge in [-0.3, -0.25) is 9.59 Å². The third kappa shape index (κ3) is 3.59. The average Bonchev–Trinajstić information content (AvgIpc) is 2.48. The Morgan fingerprint density at radius 2 is 2.00 bits per heavy atom. The van der Waals surface area contributed by atoms with Crippen LogP contribution < -0.4 is 10.6 Å². The molecule has 1 aromatic rings. The molecule has 1 atom stereocenters. The van der Waals surface area contributed by atoms with Gasteiger partial charge in [-0.25, -0.2) is 0 Å². The highest BCUT2D eigenvalue weighted by Crippen LogP contribution is 2.24. The number of carbonyl (C=O) groups is 2. The summed E-state index contributed by atoms with van der Waals surface area (Å²) in [5.41, 5.74) is 0.367. The monoisotopic (exact) mass is 292 g/mol. The van der Waals surface area contributed by atoms with Crippen molar-refractivity contribution in [1.29, 1.82) is 0 Å². The van der Waals surface area contributed by atoms with E-state index in [1.54, 1.807) is 38.1 Å². The number of amides is 1. The number of anilines is 1. The van der Waals surface area contributed by atoms with Gasteiger partial charge in [0.1, 0.15) is 6.04 Å². The predicted molar refractivity (Wildman–Crippen MR) is 78.3 cm³/mol. The lowest BCUT2D eigenvalue weighted by atomic mass is 9.85. The van der Waals surface area contributed by atoms with Crippen LogP contribution in [0.4, 0.5) is 5.69 Å². The van der Waals surface area contributed by atoms with Gasteiger partial charge in [0.05, 0.1) is 18.6 Å². The van der Waals surface area contributed by atoms with E-state index in [0.717, 1.165) is 0 Å². The van der Waals surface area contributed by atoms with Gasteiger partial charge in [-0.15, -0.1) is 0 Å². The van der Waals surface area contributed by atoms with Crippen LogP contribution in [0.25, 0.3) is 0 Å². The summed E-state index contributed by atoms with van der Waals surface area (Å²) >= 11 is 0. The van der Waals surface area contributed by atoms with Gasteiger partial charge in [0.15, 0.2) is 0 Å². The van der Waals surface area contributed by atoms with Crippen LogP contribution in [-0.4, -0.2) is 42.8 Å². The maximum Gasteiger partial charge on any atom is 0.313 e. The number of carboxylic acid groups (broad SMARTS) is 1. The highest BCUT2D eigenvalue weighted by molar-refractivity contribution is 5.95. The van der Waals surface area contributed by atoms with Gasteiger partial charge >= 0.3 is 5.97 Å². The summed E-state index contributed by atoms with van der Waals surface area (Å²) in [6.45, 7) is 4.92. The lowest BCUT2D eigenvalue weighted by Crippen LogP contribution is -2.48. The van der Waals surface area contributed by atoms with Crippen molar-refractivity contribution >= 4 is 17.6 Å². The van der Waals surface area contributed by atoms with Crippen molar-refractivity contribution in [2.75, 3.05) is 25.1 Å². The molecular formula is C15H20N2O4. The number of hydrogen-bond acceptors (Lipinski definition) is 4. The number of rotatable bonds is 4. The number of benzene rings is 1. The van der Waals surface area contributed by atoms with Crippen LogP contribution in [-0.2, 0) is 19.7 Å². The van der Waals surface area contributed by atoms with Gasteiger partial charge in [-0.1, -0.05) is 12.1 Å². The van der Waals surface area contributed by atoms with E-state index >= 15 is 0 Å². The zero-order valence-electron chi connectivity index (χ0n) is 12.2. The molecule has 6 nitrogen and oxygen atoms in total. The summed E-state index contributed by atoms with van der Waals surface area (Å²) < 4.78 is 5.24. The van der Waals surface area contributed by atoms with E-state index in [-0.39, 0.29) is 11.9 Å². The Bertz CT molecular complexity index is 519. The van der Waals surface area contributed by atoms with Crippen LogP contribution in [0.2, 0.25) is 0 Å². The Kier molecular flexibility index (Phi) is 4.59. The van der Waals surface area contributed by atoms with Crippen molar-refractivity contribution < 1.29 is 19.4 Å². The van der Waals surface area contributed by atoms with Gasteiger partial charge < -0.3 is 20.5 Å². The second-order valence-corrected chi connectivity index (χ2v) is 5.58. The first-order chi connectivity index (χ1) is 9.91. The Labute approximate surface area is 123 Å². The molecule has 1 fully saturated rings. The number of aliphatic carboxylic acids is 1. The second kappa shape index (κ2) is 6.24. The van der Waals surface area contributed by atoms with Crippen molar-refractivity contribution in [3.8, 4) is 0 Å². The van der Waals surface area contributed by atoms with Crippen LogP contribution in [0.1, 0.15) is 19.4 Å². The molecule has 0 radical (unpaired) electrons. The molecule has 1 aromatic carbocycles. The highest BCUT2D eigenvalue weighted by atomic mass is 16.5. The van der Waals surface area contributed by atoms with E-state index in [1.807, 2.05) is 0 Å². The summed E-state index contributed by atoms with van der Waals surface area (Å²) in [6.07, 6.45) is 0. The smallest absolute Gasteiger partial charge is 0.313 e. The van der Waals surface area contributed by atoms with Crippen LogP contribution in [0.5, 0.6) is 0 Å². The van der Waals surface area contributed by atoms with E-state index in [1.165, 1.54) is 0 Å². The Balaban J connectivity index is 2.02. The molecule has 1 unspecified atom stereocenters. The molecule has 0 spiro atoms. The summed E-state index contributed by atoms with van der Waals surface area (Å²) in [5.74, 6) is -1.04. The van der Waals surface area contributed by atoms with Crippen molar-refractivity contribution in [3.05, 3.63) is 29.8 Å². The summed E-state index contributed by atoms with van der Waals surface area (Å²) in [6, 6.07) is 6.50. The van der Waals surface area contributed by atoms with Gasteiger partial charge in [0.2, 0.25) is 5.91 Å². The van der Waals surface area contributed by atoms with E-state index in [4.69, 9.17) is 4.74 Å². The van der Waals surface area contributed by atoms with Gasteiger partial charge in [0.25, 0.3) is 0 Å². The SMILES string of the molecule is CC(C)(C(=O)O)c1ccc(NC(=O)C2COCCN2)cc1. The van der Waals surface area contributed by atoms with E-state index in [0.29, 0.717) is 31.0 Å². The molecule has 0 bridgehead atoms. The zero-order valence-corrected chi connectivity index (χ0v) is 12.2. The third-order valence-corrected chi connectivity index (χ3v) is 3.65. The number of carboxylic acids is 1. The molecule has 6 heteroatoms. The minimum atomic E-state index is -0.957. The fraction of sp³-hybridized carbons (Fsp3) is 0.467. The van der Waals surface area contributed by atoms with E-state index < -0.39 is 11.4 Å². The molecule has 0 aromatic heterocycles. The summed E-state index contributed by atoms with van der Waals surface area (Å²) in [4.78, 5) is 23.2. The maximum atomic E-state index is 12.0. The van der Waals surface area contributed by atoms with Crippen molar-refractivity contribution in [3.63, 3.8) is 0 Å². The summed E-state index contributed by atoms with van der Waals surface area (Å²) in [7, 11) is 0. The molecule has 0 aliphatic carbocycles. The molecule has 1 aliphatic rings. The fourth-order valence-corrected chi connectivity index (χ4v) is 2.06. The third-order valence-electron chi connectivity index (χ3n) is 3.65. The number of ether oxygens (including phenoxy) is 1. The first-order valence-electron chi connectivity index (χ1n) is 6.87. The summed E-state index contributed by atoms with van der Waals surface area (Å²) in [5, 5.41) is 15.1. The van der Waals surface area contributed by atoms with Crippen molar-refractivity contribution in [2.45, 2.75) is 25.3 Å². The standard InChI is InChI=1S/C15H20N2O4/c1-15(2,14(19)20)10-3-5-11(6-4-10)17-13(18)12-9-21-8-7-16-12/h3-6,12,16H,7-9H2,1-2H3,(H,17,18)(H,19,20). The first-order valence-corrected chi connectivity index (χ1v) is 6.87. The zero-order chi connectivity index (χ0) is 15.5. The molecule has 0 saturated carbocycles. The molecule has 21 heavy (non-hydrogen) atoms. The molecular weight excluding hydrogens is 272 g/mol. The number of carbonyl (C=O) groups excluding carboxylic acids is 1. The van der Waals surface area contributed by atoms with Crippen LogP contribution in [0.15, 0.2) is 24.3 Å². The maximum absolute atomic E-state index is 12.0. The Hall–Kier alpha value is -1.92.